The van der Waals surface area contributed by atoms with Gasteiger partial charge in [0.25, 0.3) is 0 Å². The predicted molar refractivity (Wildman–Crippen MR) is 282 cm³/mol. The molecule has 0 unspecified atom stereocenters. The van der Waals surface area contributed by atoms with Gasteiger partial charge in [-0.05, 0) is 142 Å². The lowest BCUT2D eigenvalue weighted by Gasteiger charge is -2.18. The number of nitrogens with one attached hydrogen (secondary N) is 1. The number of carbonyl (C=O) groups excluding carboxylic acids is 1. The monoisotopic (exact) mass is 970 g/mol. The van der Waals surface area contributed by atoms with Gasteiger partial charge in [0.15, 0.2) is 0 Å². The van der Waals surface area contributed by atoms with Crippen molar-refractivity contribution in [1.82, 2.24) is 4.98 Å². The van der Waals surface area contributed by atoms with Crippen LogP contribution in [0.5, 0.6) is 0 Å². The second-order valence-electron chi connectivity index (χ2n) is 23.6. The van der Waals surface area contributed by atoms with Gasteiger partial charge in [-0.25, -0.2) is 4.79 Å². The molecule has 5 rings (SSSR count). The molecule has 0 atom stereocenters. The van der Waals surface area contributed by atoms with E-state index in [1.165, 1.54) is 41.4 Å². The number of carboxylic acids is 1. The predicted octanol–water partition coefficient (Wildman–Crippen LogP) is 17.0. The van der Waals surface area contributed by atoms with Gasteiger partial charge < -0.3 is 10.4 Å². The Morgan fingerprint density at radius 1 is 0.565 bits per heavy atom. The fourth-order valence-corrected chi connectivity index (χ4v) is 6.91. The van der Waals surface area contributed by atoms with Crippen LogP contribution in [0.3, 0.4) is 0 Å². The minimum absolute atomic E-state index is 0.0251. The summed E-state index contributed by atoms with van der Waals surface area (Å²) in [6.45, 7) is 34.1. The van der Waals surface area contributed by atoms with Gasteiger partial charge in [-0.15, -0.1) is 0 Å². The van der Waals surface area contributed by atoms with Crippen LogP contribution in [0, 0.1) is 38.4 Å². The molecule has 4 aromatic carbocycles. The smallest absolute Gasteiger partial charge is 0.433 e. The minimum atomic E-state index is -4.35. The first-order chi connectivity index (χ1) is 31.4. The van der Waals surface area contributed by atoms with E-state index < -0.39 is 17.8 Å². The van der Waals surface area contributed by atoms with Crippen molar-refractivity contribution >= 4 is 29.2 Å². The van der Waals surface area contributed by atoms with Crippen LogP contribution in [-0.2, 0) is 43.1 Å². The van der Waals surface area contributed by atoms with E-state index in [4.69, 9.17) is 22.0 Å². The van der Waals surface area contributed by atoms with Crippen LogP contribution in [0.1, 0.15) is 160 Å². The van der Waals surface area contributed by atoms with Crippen LogP contribution in [0.15, 0.2) is 115 Å². The molecule has 10 heteroatoms. The number of nitriles is 1. The van der Waals surface area contributed by atoms with Crippen molar-refractivity contribution in [2.75, 3.05) is 5.32 Å². The Hall–Kier alpha value is -5.46. The lowest BCUT2D eigenvalue weighted by atomic mass is 9.88. The largest absolute Gasteiger partial charge is 0.478 e. The fourth-order valence-electron chi connectivity index (χ4n) is 6.79. The first-order valence-electron chi connectivity index (χ1n) is 23.4. The zero-order valence-electron chi connectivity index (χ0n) is 44.2. The summed E-state index contributed by atoms with van der Waals surface area (Å²) in [4.78, 5) is 24.9. The number of anilines is 1. The summed E-state index contributed by atoms with van der Waals surface area (Å²) >= 11 is 5.78. The number of benzene rings is 4. The first kappa shape index (κ1) is 61.6. The van der Waals surface area contributed by atoms with Gasteiger partial charge in [0, 0.05) is 23.8 Å². The standard InChI is InChI=1S/C13H19NO.C12H15N.C12H16O2.C11H15Cl.C11H14F3N/c1-10(15)14-12-7-5-6-11(8-12)9-13(2,3)4;1-12(2,3)8-10-4-6-11(9-13)7-5-10;1-12(2,3)8-9-4-6-10(7-5-9)11(13)14;1-11(2,3)8-9-4-6-10(12)7-5-9;1-10(2,3)6-8-4-5-9(15-7-8)11(12,13)14/h5-8H,9H2,1-4H3,(H,14,15);4-7H,8H2,1-3H3;4-7H,8H2,1-3H3,(H,13,14);4-7H,8H2,1-3H3;4-5,7H,6H2,1-3H3. The number of aromatic nitrogens is 1. The highest BCUT2D eigenvalue weighted by molar-refractivity contribution is 6.30. The van der Waals surface area contributed by atoms with E-state index in [0.717, 1.165) is 60.0 Å². The average molecular weight is 971 g/mol. The van der Waals surface area contributed by atoms with Gasteiger partial charge in [-0.2, -0.15) is 18.4 Å². The number of amides is 1. The van der Waals surface area contributed by atoms with Crippen LogP contribution >= 0.6 is 11.6 Å². The molecule has 0 radical (unpaired) electrons. The van der Waals surface area contributed by atoms with Gasteiger partial charge in [-0.1, -0.05) is 170 Å². The SMILES string of the molecule is CC(=O)Nc1cccc(CC(C)(C)C)c1.CC(C)(C)Cc1ccc(C#N)cc1.CC(C)(C)Cc1ccc(C(=O)O)cc1.CC(C)(C)Cc1ccc(C(F)(F)F)nc1.CC(C)(C)Cc1ccc(Cl)cc1. The van der Waals surface area contributed by atoms with Crippen LogP contribution in [0.25, 0.3) is 0 Å². The Balaban J connectivity index is 0.000000432. The summed E-state index contributed by atoms with van der Waals surface area (Å²) in [6.07, 6.45) is 1.81. The molecule has 0 aliphatic heterocycles. The molecule has 1 heterocycles. The van der Waals surface area contributed by atoms with Crippen molar-refractivity contribution in [3.05, 3.63) is 165 Å². The second kappa shape index (κ2) is 27.1. The van der Waals surface area contributed by atoms with Crippen molar-refractivity contribution in [2.24, 2.45) is 27.1 Å². The molecular weight excluding hydrogens is 891 g/mol. The Morgan fingerprint density at radius 3 is 1.29 bits per heavy atom. The molecule has 5 aromatic rings. The van der Waals surface area contributed by atoms with Gasteiger partial charge >= 0.3 is 12.1 Å². The zero-order chi connectivity index (χ0) is 53.0. The zero-order valence-corrected chi connectivity index (χ0v) is 44.9. The highest BCUT2D eigenvalue weighted by Crippen LogP contribution is 2.29. The third-order valence-corrected chi connectivity index (χ3v) is 9.48. The fraction of sp³-hybridized carbons (Fsp3) is 0.458. The van der Waals surface area contributed by atoms with Gasteiger partial charge in [0.05, 0.1) is 17.2 Å². The van der Waals surface area contributed by atoms with E-state index in [1.54, 1.807) is 12.1 Å². The molecule has 0 bridgehead atoms. The number of pyridine rings is 1. The van der Waals surface area contributed by atoms with Gasteiger partial charge in [0.2, 0.25) is 5.91 Å². The Bertz CT molecular complexity index is 2330. The van der Waals surface area contributed by atoms with Crippen molar-refractivity contribution in [2.45, 2.75) is 149 Å². The Morgan fingerprint density at radius 2 is 0.942 bits per heavy atom. The first-order valence-corrected chi connectivity index (χ1v) is 23.7. The number of alkyl halides is 3. The van der Waals surface area contributed by atoms with E-state index in [1.807, 2.05) is 87.5 Å². The van der Waals surface area contributed by atoms with E-state index in [-0.39, 0.29) is 22.2 Å². The quantitative estimate of drug-likeness (QED) is 0.169. The summed E-state index contributed by atoms with van der Waals surface area (Å²) in [7, 11) is 0. The molecule has 2 N–H and O–H groups in total. The van der Waals surface area contributed by atoms with Crippen molar-refractivity contribution in [3.63, 3.8) is 0 Å². The van der Waals surface area contributed by atoms with Crippen LogP contribution in [0.2, 0.25) is 5.02 Å². The number of rotatable bonds is 7. The topological polar surface area (TPSA) is 103 Å². The molecule has 6 nitrogen and oxygen atoms in total. The highest BCUT2D eigenvalue weighted by atomic mass is 35.5. The maximum atomic E-state index is 12.2. The van der Waals surface area contributed by atoms with Crippen LogP contribution in [-0.4, -0.2) is 22.0 Å². The van der Waals surface area contributed by atoms with Crippen molar-refractivity contribution in [1.29, 1.82) is 5.26 Å². The highest BCUT2D eigenvalue weighted by Gasteiger charge is 2.32. The number of aromatic carboxylic acids is 1. The molecule has 0 spiro atoms. The van der Waals surface area contributed by atoms with Gasteiger partial charge in [-0.3, -0.25) is 9.78 Å². The Labute approximate surface area is 418 Å². The molecule has 0 saturated carbocycles. The number of hydrogen-bond acceptors (Lipinski definition) is 4. The summed E-state index contributed by atoms with van der Waals surface area (Å²) in [5, 5.41) is 20.9. The van der Waals surface area contributed by atoms with Gasteiger partial charge in [0.1, 0.15) is 5.69 Å². The Kier molecular flexibility index (Phi) is 24.1. The normalized spacial score (nSPS) is 11.6. The maximum Gasteiger partial charge on any atom is 0.433 e. The number of halogens is 4. The lowest BCUT2D eigenvalue weighted by molar-refractivity contribution is -0.141. The van der Waals surface area contributed by atoms with Crippen molar-refractivity contribution in [3.8, 4) is 6.07 Å². The summed E-state index contributed by atoms with van der Waals surface area (Å²) in [6, 6.07) is 35.6. The molecule has 1 aromatic heterocycles. The number of carboxylic acid groups (broad SMARTS) is 1. The third-order valence-electron chi connectivity index (χ3n) is 9.23. The second-order valence-corrected chi connectivity index (χ2v) is 24.0. The molecule has 0 aliphatic carbocycles. The molecule has 1 amide bonds. The summed E-state index contributed by atoms with van der Waals surface area (Å²) in [5.41, 5.74) is 8.29. The van der Waals surface area contributed by atoms with Crippen molar-refractivity contribution < 1.29 is 27.9 Å². The molecule has 69 heavy (non-hydrogen) atoms. The number of nitrogens with zero attached hydrogens (tertiary/aromatic N) is 2. The van der Waals surface area contributed by atoms with Crippen LogP contribution < -0.4 is 5.32 Å². The molecule has 0 fully saturated rings. The lowest BCUT2D eigenvalue weighted by Crippen LogP contribution is -2.11. The van der Waals surface area contributed by atoms with E-state index >= 15 is 0 Å². The summed E-state index contributed by atoms with van der Waals surface area (Å²) in [5.74, 6) is -0.893. The molecule has 376 valence electrons. The number of carbonyl (C=O) groups is 2. The molecular formula is C59H79ClF3N3O3. The van der Waals surface area contributed by atoms with E-state index in [0.29, 0.717) is 16.4 Å². The average Bonchev–Trinajstić information content (AvgIpc) is 3.17. The maximum absolute atomic E-state index is 12.2. The van der Waals surface area contributed by atoms with E-state index in [2.05, 4.69) is 118 Å². The molecule has 0 saturated heterocycles. The minimum Gasteiger partial charge on any atom is -0.478 e. The third kappa shape index (κ3) is 31.3. The molecule has 0 aliphatic rings. The van der Waals surface area contributed by atoms with E-state index in [9.17, 15) is 22.8 Å². The summed E-state index contributed by atoms with van der Waals surface area (Å²) < 4.78 is 36.6. The number of hydrogen-bond donors (Lipinski definition) is 2. The van der Waals surface area contributed by atoms with Crippen LogP contribution in [0.4, 0.5) is 18.9 Å².